The monoisotopic (exact) mass is 789 g/mol. The Morgan fingerprint density at radius 3 is 2.35 bits per heavy atom. The van der Waals surface area contributed by atoms with Crippen molar-refractivity contribution in [2.45, 2.75) is 41.9 Å². The van der Waals surface area contributed by atoms with Crippen LogP contribution in [0.1, 0.15) is 40.8 Å². The number of nitrogens with one attached hydrogen (secondary N) is 2. The molecule has 3 aromatic carbocycles. The number of anilines is 2. The van der Waals surface area contributed by atoms with Gasteiger partial charge in [-0.1, -0.05) is 35.6 Å². The number of benzene rings is 3. The third kappa shape index (κ3) is 6.04. The molecule has 4 aromatic rings. The number of alkyl halides is 6. The minimum atomic E-state index is -4.69. The highest BCUT2D eigenvalue weighted by molar-refractivity contribution is 8.00. The van der Waals surface area contributed by atoms with Crippen LogP contribution in [0.2, 0.25) is 0 Å². The predicted octanol–water partition coefficient (Wildman–Crippen LogP) is 7.57. The number of aromatic nitrogens is 1. The van der Waals surface area contributed by atoms with Gasteiger partial charge in [0.05, 0.1) is 46.0 Å². The van der Waals surface area contributed by atoms with E-state index in [9.17, 15) is 45.5 Å². The van der Waals surface area contributed by atoms with Crippen LogP contribution in [0.4, 0.5) is 37.7 Å². The Labute approximate surface area is 311 Å². The second-order valence-corrected chi connectivity index (χ2v) is 15.7. The number of para-hydroxylation sites is 1. The predicted molar refractivity (Wildman–Crippen MR) is 186 cm³/mol. The van der Waals surface area contributed by atoms with E-state index in [4.69, 9.17) is 9.47 Å². The minimum absolute atomic E-state index is 0.126. The summed E-state index contributed by atoms with van der Waals surface area (Å²) in [5, 5.41) is 2.68. The molecule has 2 N–H and O–H groups in total. The fourth-order valence-corrected chi connectivity index (χ4v) is 11.6. The van der Waals surface area contributed by atoms with E-state index in [1.807, 2.05) is 0 Å². The molecule has 17 heteroatoms. The highest BCUT2D eigenvalue weighted by atomic mass is 32.2. The summed E-state index contributed by atoms with van der Waals surface area (Å²) in [6.45, 7) is 1.29. The van der Waals surface area contributed by atoms with Crippen molar-refractivity contribution in [3.63, 3.8) is 0 Å². The number of hydrogen-bond donors (Lipinski definition) is 2. The molecule has 3 amide bonds. The molecule has 4 aliphatic rings. The molecule has 1 aromatic heterocycles. The molecule has 7 atom stereocenters. The number of carbonyl (C=O) groups is 3. The zero-order valence-electron chi connectivity index (χ0n) is 28.0. The summed E-state index contributed by atoms with van der Waals surface area (Å²) in [6.07, 6.45) is -8.80. The van der Waals surface area contributed by atoms with Gasteiger partial charge in [0.2, 0.25) is 11.8 Å². The van der Waals surface area contributed by atoms with E-state index in [0.29, 0.717) is 17.0 Å². The van der Waals surface area contributed by atoms with E-state index in [1.165, 1.54) is 36.0 Å². The average molecular weight is 790 g/mol. The molecule has 2 bridgehead atoms. The zero-order chi connectivity index (χ0) is 38.3. The summed E-state index contributed by atoms with van der Waals surface area (Å²) in [5.41, 5.74) is -1.81. The van der Waals surface area contributed by atoms with Crippen molar-refractivity contribution in [3.05, 3.63) is 98.0 Å². The van der Waals surface area contributed by atoms with Crippen LogP contribution in [0.5, 0.6) is 11.5 Å². The Balaban J connectivity index is 1.09. The number of hydrogen-bond acceptors (Lipinski definition) is 8. The average Bonchev–Trinajstić information content (AvgIpc) is 3.86. The largest absolute Gasteiger partial charge is 0.490 e. The van der Waals surface area contributed by atoms with Gasteiger partial charge in [0.1, 0.15) is 0 Å². The number of amides is 3. The van der Waals surface area contributed by atoms with E-state index in [0.717, 1.165) is 45.4 Å². The minimum Gasteiger partial charge on any atom is -0.490 e. The second-order valence-electron chi connectivity index (χ2n) is 13.5. The summed E-state index contributed by atoms with van der Waals surface area (Å²) >= 11 is 2.48. The number of imide groups is 1. The van der Waals surface area contributed by atoms with E-state index in [2.05, 4.69) is 10.3 Å². The lowest BCUT2D eigenvalue weighted by atomic mass is 9.68. The summed E-state index contributed by atoms with van der Waals surface area (Å²) in [7, 11) is 0. The molecule has 2 aliphatic carbocycles. The van der Waals surface area contributed by atoms with Gasteiger partial charge in [0.25, 0.3) is 5.91 Å². The molecule has 8 rings (SSSR count). The third-order valence-electron chi connectivity index (χ3n) is 10.6. The van der Waals surface area contributed by atoms with Crippen LogP contribution in [0, 0.1) is 29.6 Å². The molecule has 2 aliphatic heterocycles. The maximum atomic E-state index is 14.0. The fourth-order valence-electron chi connectivity index (χ4n) is 8.74. The lowest BCUT2D eigenvalue weighted by molar-refractivity contribution is -0.138. The summed E-state index contributed by atoms with van der Waals surface area (Å²) in [6, 6.07) is 13.8. The van der Waals surface area contributed by atoms with Gasteiger partial charge >= 0.3 is 17.2 Å². The molecule has 282 valence electrons. The van der Waals surface area contributed by atoms with Crippen molar-refractivity contribution in [3.8, 4) is 11.5 Å². The third-order valence-corrected chi connectivity index (χ3v) is 13.2. The van der Waals surface area contributed by atoms with E-state index in [1.54, 1.807) is 25.1 Å². The molecule has 6 unspecified atom stereocenters. The molecular weight excluding hydrogens is 761 g/mol. The van der Waals surface area contributed by atoms with Gasteiger partial charge in [0, 0.05) is 16.0 Å². The fraction of sp³-hybridized carbons (Fsp3) is 0.351. The molecular formula is C37H29F6N3O6S2. The number of rotatable bonds is 8. The van der Waals surface area contributed by atoms with Crippen LogP contribution in [0.15, 0.2) is 76.6 Å². The lowest BCUT2D eigenvalue weighted by Crippen LogP contribution is -2.42. The van der Waals surface area contributed by atoms with Crippen LogP contribution in [0.3, 0.4) is 0 Å². The number of aromatic amines is 1. The first-order chi connectivity index (χ1) is 25.7. The maximum Gasteiger partial charge on any atom is 0.418 e. The first-order valence-electron chi connectivity index (χ1n) is 17.0. The molecule has 1 saturated heterocycles. The molecule has 0 spiro atoms. The van der Waals surface area contributed by atoms with Crippen molar-refractivity contribution in [1.29, 1.82) is 0 Å². The van der Waals surface area contributed by atoms with Gasteiger partial charge in [-0.3, -0.25) is 24.1 Å². The highest BCUT2D eigenvalue weighted by Gasteiger charge is 2.69. The smallest absolute Gasteiger partial charge is 0.418 e. The number of ether oxygens (including phenoxy) is 2. The summed E-state index contributed by atoms with van der Waals surface area (Å²) in [4.78, 5) is 57.6. The van der Waals surface area contributed by atoms with Crippen LogP contribution < -0.4 is 24.6 Å². The zero-order valence-corrected chi connectivity index (χ0v) is 29.6. The van der Waals surface area contributed by atoms with Crippen LogP contribution in [-0.4, -0.2) is 41.2 Å². The maximum absolute atomic E-state index is 14.0. The number of fused-ring (bicyclic) bond motifs is 9. The lowest BCUT2D eigenvalue weighted by Gasteiger charge is -2.43. The van der Waals surface area contributed by atoms with E-state index < -0.39 is 71.2 Å². The Morgan fingerprint density at radius 1 is 0.889 bits per heavy atom. The molecule has 3 heterocycles. The van der Waals surface area contributed by atoms with Gasteiger partial charge in [-0.2, -0.15) is 26.3 Å². The van der Waals surface area contributed by atoms with Crippen LogP contribution >= 0.6 is 23.1 Å². The van der Waals surface area contributed by atoms with Gasteiger partial charge in [0.15, 0.2) is 18.1 Å². The van der Waals surface area contributed by atoms with Crippen molar-refractivity contribution in [2.75, 3.05) is 23.4 Å². The van der Waals surface area contributed by atoms with Crippen molar-refractivity contribution in [1.82, 2.24) is 4.98 Å². The van der Waals surface area contributed by atoms with Crippen molar-refractivity contribution in [2.24, 2.45) is 29.6 Å². The van der Waals surface area contributed by atoms with Gasteiger partial charge < -0.3 is 19.8 Å². The molecule has 0 radical (unpaired) electrons. The number of carbonyl (C=O) groups excluding carboxylic acids is 3. The number of halogens is 6. The molecule has 54 heavy (non-hydrogen) atoms. The van der Waals surface area contributed by atoms with Crippen LogP contribution in [-0.2, 0) is 26.7 Å². The van der Waals surface area contributed by atoms with Crippen LogP contribution in [0.25, 0.3) is 0 Å². The number of thioether (sulfide) groups is 1. The van der Waals surface area contributed by atoms with Crippen molar-refractivity contribution >= 4 is 52.2 Å². The molecule has 3 fully saturated rings. The SMILES string of the molecule is CCOc1cc([C@H]2c3sc(=O)[nH]c3SC3C4CC(C5C(=O)N(c6cccc(C(F)(F)F)c6)C(=O)C45)C32)ccc1OCC(=O)Nc1ccccc1C(F)(F)F. The number of nitrogens with zero attached hydrogens (tertiary/aromatic N) is 1. The van der Waals surface area contributed by atoms with Gasteiger partial charge in [-0.15, -0.1) is 11.8 Å². The quantitative estimate of drug-likeness (QED) is 0.140. The Bertz CT molecular complexity index is 2240. The van der Waals surface area contributed by atoms with Crippen molar-refractivity contribution < 1.29 is 50.2 Å². The summed E-state index contributed by atoms with van der Waals surface area (Å²) in [5.74, 6) is -4.27. The van der Waals surface area contributed by atoms with Gasteiger partial charge in [-0.25, -0.2) is 0 Å². The Hall–Kier alpha value is -4.77. The second kappa shape index (κ2) is 13.2. The Kier molecular flexibility index (Phi) is 8.86. The molecule has 2 saturated carbocycles. The summed E-state index contributed by atoms with van der Waals surface area (Å²) < 4.78 is 92.7. The normalized spacial score (nSPS) is 25.7. The Morgan fingerprint density at radius 2 is 1.63 bits per heavy atom. The van der Waals surface area contributed by atoms with E-state index in [-0.39, 0.29) is 51.7 Å². The standard InChI is InChI=1S/C37H29F6N3O6S2/c1-2-51-24-12-16(10-11-23(24)52-15-25(47)44-22-9-4-3-8-21(22)37(41,42)43)26-27-19-14-20(30(27)53-32-31(26)54-35(50)45-32)29-28(19)33(48)46(34(29)49)18-7-5-6-17(13-18)36(38,39)40/h3-13,19-20,26-30H,2,14-15H2,1H3,(H,44,47)(H,45,50)/t19?,20?,26-,27?,28?,29?,30?/m1/s1. The van der Waals surface area contributed by atoms with E-state index >= 15 is 0 Å². The first kappa shape index (κ1) is 36.2. The van der Waals surface area contributed by atoms with Gasteiger partial charge in [-0.05, 0) is 79.1 Å². The topological polar surface area (TPSA) is 118 Å². The first-order valence-corrected chi connectivity index (χ1v) is 18.7. The number of H-pyrrole nitrogens is 1. The number of thiazole rings is 1. The highest BCUT2D eigenvalue weighted by Crippen LogP contribution is 2.69. The molecule has 9 nitrogen and oxygen atoms in total.